The molecule has 0 amide bonds. The fourth-order valence-electron chi connectivity index (χ4n) is 3.10. The molecule has 0 unspecified atom stereocenters. The lowest BCUT2D eigenvalue weighted by atomic mass is 10.1. The Kier molecular flexibility index (Phi) is 5.75. The predicted octanol–water partition coefficient (Wildman–Crippen LogP) is 4.91. The third kappa shape index (κ3) is 3.97. The molecule has 2 aromatic heterocycles. The van der Waals surface area contributed by atoms with Crippen molar-refractivity contribution >= 4 is 11.5 Å². The molecule has 0 aliphatic carbocycles. The quantitative estimate of drug-likeness (QED) is 0.449. The number of nitrogens with one attached hydrogen (secondary N) is 1. The van der Waals surface area contributed by atoms with E-state index in [0.717, 1.165) is 60.5 Å². The first-order chi connectivity index (χ1) is 12.7. The van der Waals surface area contributed by atoms with Crippen LogP contribution in [0.25, 0.3) is 21.7 Å². The van der Waals surface area contributed by atoms with Gasteiger partial charge in [-0.05, 0) is 43.5 Å². The molecule has 0 aliphatic heterocycles. The number of pyridine rings is 1. The number of benzene rings is 1. The van der Waals surface area contributed by atoms with Crippen molar-refractivity contribution in [3.63, 3.8) is 0 Å². The standard InChI is InChI=1S/C21H24N4O/c1-16-9-8-14-25-20(16)24-19(17-10-7-11-18(26)15-17)21(25)23-13-6-4-3-5-12-22-2/h7-11,14-15,23,26H,3-6,12-13H2,1H3. The summed E-state index contributed by atoms with van der Waals surface area (Å²) in [5.74, 6) is 1.19. The van der Waals surface area contributed by atoms with E-state index in [1.54, 1.807) is 12.1 Å². The Balaban J connectivity index is 1.82. The molecule has 0 fully saturated rings. The lowest BCUT2D eigenvalue weighted by Gasteiger charge is -2.09. The lowest BCUT2D eigenvalue weighted by Crippen LogP contribution is -2.05. The molecule has 134 valence electrons. The largest absolute Gasteiger partial charge is 0.508 e. The number of aromatic hydroxyl groups is 1. The molecule has 2 N–H and O–H groups in total. The second kappa shape index (κ2) is 8.39. The molecule has 0 saturated heterocycles. The SMILES string of the molecule is [C-]#[N+]CCCCCCNc1c(-c2cccc(O)c2)nc2c(C)cccn12. The molecule has 0 aliphatic rings. The maximum atomic E-state index is 9.84. The minimum absolute atomic E-state index is 0.238. The van der Waals surface area contributed by atoms with E-state index in [-0.39, 0.29) is 5.75 Å². The van der Waals surface area contributed by atoms with Gasteiger partial charge in [0.25, 0.3) is 0 Å². The van der Waals surface area contributed by atoms with Crippen molar-refractivity contribution < 1.29 is 5.11 Å². The van der Waals surface area contributed by atoms with Crippen LogP contribution in [0.4, 0.5) is 5.82 Å². The van der Waals surface area contributed by atoms with Gasteiger partial charge in [0, 0.05) is 24.7 Å². The van der Waals surface area contributed by atoms with Crippen molar-refractivity contribution in [1.82, 2.24) is 9.38 Å². The highest BCUT2D eigenvalue weighted by molar-refractivity contribution is 5.78. The van der Waals surface area contributed by atoms with Crippen LogP contribution < -0.4 is 5.32 Å². The van der Waals surface area contributed by atoms with Gasteiger partial charge in [0.2, 0.25) is 6.54 Å². The van der Waals surface area contributed by atoms with Gasteiger partial charge in [0.1, 0.15) is 22.9 Å². The number of fused-ring (bicyclic) bond motifs is 1. The maximum absolute atomic E-state index is 9.84. The monoisotopic (exact) mass is 348 g/mol. The van der Waals surface area contributed by atoms with Crippen LogP contribution in [-0.2, 0) is 0 Å². The normalized spacial score (nSPS) is 10.8. The number of aryl methyl sites for hydroxylation is 1. The summed E-state index contributed by atoms with van der Waals surface area (Å²) in [6.45, 7) is 10.3. The third-order valence-corrected chi connectivity index (χ3v) is 4.45. The summed E-state index contributed by atoms with van der Waals surface area (Å²) >= 11 is 0. The number of aromatic nitrogens is 2. The van der Waals surface area contributed by atoms with E-state index in [1.165, 1.54) is 0 Å². The van der Waals surface area contributed by atoms with Gasteiger partial charge in [-0.2, -0.15) is 0 Å². The Morgan fingerprint density at radius 3 is 2.81 bits per heavy atom. The minimum Gasteiger partial charge on any atom is -0.508 e. The van der Waals surface area contributed by atoms with Crippen molar-refractivity contribution in [3.8, 4) is 17.0 Å². The maximum Gasteiger partial charge on any atom is 0.214 e. The van der Waals surface area contributed by atoms with Crippen LogP contribution in [0.15, 0.2) is 42.6 Å². The van der Waals surface area contributed by atoms with Crippen LogP contribution in [0, 0.1) is 13.5 Å². The van der Waals surface area contributed by atoms with Crippen LogP contribution in [0.3, 0.4) is 0 Å². The number of nitrogens with zero attached hydrogens (tertiary/aromatic N) is 3. The smallest absolute Gasteiger partial charge is 0.214 e. The molecular weight excluding hydrogens is 324 g/mol. The number of anilines is 1. The van der Waals surface area contributed by atoms with Gasteiger partial charge in [-0.15, -0.1) is 0 Å². The summed E-state index contributed by atoms with van der Waals surface area (Å²) in [6, 6.07) is 11.3. The van der Waals surface area contributed by atoms with E-state index < -0.39 is 0 Å². The van der Waals surface area contributed by atoms with Gasteiger partial charge in [-0.3, -0.25) is 4.40 Å². The fourth-order valence-corrected chi connectivity index (χ4v) is 3.10. The summed E-state index contributed by atoms with van der Waals surface area (Å²) in [7, 11) is 0. The fraction of sp³-hybridized carbons (Fsp3) is 0.333. The highest BCUT2D eigenvalue weighted by Gasteiger charge is 2.15. The Morgan fingerprint density at radius 1 is 1.15 bits per heavy atom. The van der Waals surface area contributed by atoms with Crippen LogP contribution in [0.2, 0.25) is 0 Å². The Bertz CT molecular complexity index is 923. The highest BCUT2D eigenvalue weighted by atomic mass is 16.3. The van der Waals surface area contributed by atoms with Gasteiger partial charge in [0.05, 0.1) is 0 Å². The summed E-state index contributed by atoms with van der Waals surface area (Å²) in [6.07, 6.45) is 6.25. The molecule has 5 nitrogen and oxygen atoms in total. The van der Waals surface area contributed by atoms with E-state index in [4.69, 9.17) is 11.6 Å². The van der Waals surface area contributed by atoms with E-state index in [2.05, 4.69) is 27.6 Å². The first-order valence-corrected chi connectivity index (χ1v) is 9.05. The van der Waals surface area contributed by atoms with Crippen molar-refractivity contribution in [2.24, 2.45) is 0 Å². The molecule has 3 rings (SSSR count). The zero-order chi connectivity index (χ0) is 18.4. The molecule has 0 bridgehead atoms. The van der Waals surface area contributed by atoms with Crippen molar-refractivity contribution in [3.05, 3.63) is 59.6 Å². The average molecular weight is 348 g/mol. The van der Waals surface area contributed by atoms with Gasteiger partial charge in [-0.1, -0.05) is 24.6 Å². The average Bonchev–Trinajstić information content (AvgIpc) is 3.01. The van der Waals surface area contributed by atoms with Crippen molar-refractivity contribution in [2.75, 3.05) is 18.4 Å². The van der Waals surface area contributed by atoms with Gasteiger partial charge < -0.3 is 15.3 Å². The first-order valence-electron chi connectivity index (χ1n) is 9.05. The molecule has 2 heterocycles. The number of unbranched alkanes of at least 4 members (excludes halogenated alkanes) is 3. The number of rotatable bonds is 8. The van der Waals surface area contributed by atoms with E-state index >= 15 is 0 Å². The second-order valence-corrected chi connectivity index (χ2v) is 6.47. The van der Waals surface area contributed by atoms with Gasteiger partial charge in [0.15, 0.2) is 0 Å². The van der Waals surface area contributed by atoms with Crippen LogP contribution >= 0.6 is 0 Å². The highest BCUT2D eigenvalue weighted by Crippen LogP contribution is 2.31. The Morgan fingerprint density at radius 2 is 2.00 bits per heavy atom. The molecule has 0 radical (unpaired) electrons. The van der Waals surface area contributed by atoms with Gasteiger partial charge in [-0.25, -0.2) is 11.6 Å². The summed E-state index contributed by atoms with van der Waals surface area (Å²) < 4.78 is 2.08. The van der Waals surface area contributed by atoms with Crippen LogP contribution in [-0.4, -0.2) is 27.6 Å². The molecular formula is C21H24N4O. The molecule has 26 heavy (non-hydrogen) atoms. The van der Waals surface area contributed by atoms with Crippen molar-refractivity contribution in [1.29, 1.82) is 0 Å². The van der Waals surface area contributed by atoms with Gasteiger partial charge >= 0.3 is 0 Å². The second-order valence-electron chi connectivity index (χ2n) is 6.47. The zero-order valence-electron chi connectivity index (χ0n) is 15.1. The number of hydrogen-bond donors (Lipinski definition) is 2. The van der Waals surface area contributed by atoms with Crippen LogP contribution in [0.5, 0.6) is 5.75 Å². The van der Waals surface area contributed by atoms with E-state index in [1.807, 2.05) is 24.4 Å². The predicted molar refractivity (Wildman–Crippen MR) is 105 cm³/mol. The number of phenolic OH excluding ortho intramolecular Hbond substituents is 1. The molecule has 1 aromatic carbocycles. The lowest BCUT2D eigenvalue weighted by molar-refractivity contribution is 0.475. The third-order valence-electron chi connectivity index (χ3n) is 4.45. The molecule has 0 saturated carbocycles. The number of hydrogen-bond acceptors (Lipinski definition) is 3. The number of phenols is 1. The summed E-state index contributed by atoms with van der Waals surface area (Å²) in [5.41, 5.74) is 3.78. The first kappa shape index (κ1) is 17.8. The van der Waals surface area contributed by atoms with E-state index in [9.17, 15) is 5.11 Å². The molecule has 0 atom stereocenters. The molecule has 5 heteroatoms. The van der Waals surface area contributed by atoms with Crippen LogP contribution in [0.1, 0.15) is 31.2 Å². The zero-order valence-corrected chi connectivity index (χ0v) is 15.1. The summed E-state index contributed by atoms with van der Waals surface area (Å²) in [4.78, 5) is 8.21. The summed E-state index contributed by atoms with van der Waals surface area (Å²) in [5, 5.41) is 13.4. The van der Waals surface area contributed by atoms with E-state index in [0.29, 0.717) is 6.54 Å². The molecule has 3 aromatic rings. The molecule has 0 spiro atoms. The number of imidazole rings is 1. The van der Waals surface area contributed by atoms with Crippen molar-refractivity contribution in [2.45, 2.75) is 32.6 Å². The minimum atomic E-state index is 0.238. The topological polar surface area (TPSA) is 53.9 Å². The Labute approximate surface area is 154 Å². The Hall–Kier alpha value is -3.00.